The van der Waals surface area contributed by atoms with Crippen molar-refractivity contribution >= 4 is 34.4 Å². The van der Waals surface area contributed by atoms with Crippen LogP contribution in [0, 0.1) is 12.8 Å². The van der Waals surface area contributed by atoms with Crippen LogP contribution in [-0.2, 0) is 14.3 Å². The zero-order valence-corrected chi connectivity index (χ0v) is 24.7. The standard InChI is InChI=1S/C33H41N3O5/c1-7-20(2)28(35-32(40)41-33(4,5)6)31(39)36(26-15-16-26)29(24-13-17-27(37)21(3)18-24)30(38)34-25-14-12-22-10-8-9-11-23(22)19-25/h8-14,17-20,26,28-29,37H,7,15-16H2,1-6H3,(H,34,38)(H,35,40). The number of aryl methyl sites for hydroxylation is 1. The quantitative estimate of drug-likeness (QED) is 0.279. The number of alkyl carbamates (subject to hydrolysis) is 1. The second kappa shape index (κ2) is 12.2. The summed E-state index contributed by atoms with van der Waals surface area (Å²) in [5, 5.41) is 18.1. The third-order valence-corrected chi connectivity index (χ3v) is 7.43. The average Bonchev–Trinajstić information content (AvgIpc) is 3.75. The molecule has 8 heteroatoms. The lowest BCUT2D eigenvalue weighted by atomic mass is 9.95. The SMILES string of the molecule is CCC(C)C(NC(=O)OC(C)(C)C)C(=O)N(C1CC1)C(C(=O)Nc1ccc2ccccc2c1)c1ccc(O)c(C)c1. The summed E-state index contributed by atoms with van der Waals surface area (Å²) in [4.78, 5) is 42.9. The number of amides is 3. The number of benzene rings is 3. The molecule has 3 aromatic carbocycles. The third-order valence-electron chi connectivity index (χ3n) is 7.43. The molecule has 3 N–H and O–H groups in total. The Morgan fingerprint density at radius 2 is 1.71 bits per heavy atom. The summed E-state index contributed by atoms with van der Waals surface area (Å²) in [5.74, 6) is -0.805. The van der Waals surface area contributed by atoms with Gasteiger partial charge in [-0.2, -0.15) is 0 Å². The zero-order valence-electron chi connectivity index (χ0n) is 24.7. The van der Waals surface area contributed by atoms with Crippen molar-refractivity contribution in [2.24, 2.45) is 5.92 Å². The lowest BCUT2D eigenvalue weighted by Crippen LogP contribution is -2.55. The van der Waals surface area contributed by atoms with Crippen LogP contribution in [0.25, 0.3) is 10.8 Å². The first-order valence-corrected chi connectivity index (χ1v) is 14.3. The fourth-order valence-corrected chi connectivity index (χ4v) is 4.91. The number of ether oxygens (including phenoxy) is 1. The van der Waals surface area contributed by atoms with Crippen molar-refractivity contribution in [1.29, 1.82) is 0 Å². The van der Waals surface area contributed by atoms with Gasteiger partial charge in [0, 0.05) is 11.7 Å². The molecular weight excluding hydrogens is 518 g/mol. The first-order valence-electron chi connectivity index (χ1n) is 14.3. The van der Waals surface area contributed by atoms with E-state index in [0.717, 1.165) is 23.6 Å². The van der Waals surface area contributed by atoms with Crippen LogP contribution < -0.4 is 10.6 Å². The van der Waals surface area contributed by atoms with E-state index in [1.165, 1.54) is 0 Å². The molecule has 0 aromatic heterocycles. The van der Waals surface area contributed by atoms with Crippen LogP contribution in [-0.4, -0.2) is 45.6 Å². The Morgan fingerprint density at radius 3 is 2.32 bits per heavy atom. The number of hydrogen-bond donors (Lipinski definition) is 3. The molecule has 41 heavy (non-hydrogen) atoms. The van der Waals surface area contributed by atoms with Gasteiger partial charge in [-0.1, -0.05) is 56.7 Å². The van der Waals surface area contributed by atoms with Crippen molar-refractivity contribution in [2.75, 3.05) is 5.32 Å². The first kappa shape index (κ1) is 29.9. The lowest BCUT2D eigenvalue weighted by Gasteiger charge is -2.36. The number of anilines is 1. The molecule has 3 aromatic rings. The summed E-state index contributed by atoms with van der Waals surface area (Å²) in [6.45, 7) is 10.9. The van der Waals surface area contributed by atoms with Crippen LogP contribution in [0.3, 0.4) is 0 Å². The molecule has 1 aliphatic rings. The Hall–Kier alpha value is -4.07. The molecule has 1 aliphatic carbocycles. The van der Waals surface area contributed by atoms with Crippen molar-refractivity contribution in [1.82, 2.24) is 10.2 Å². The van der Waals surface area contributed by atoms with E-state index in [1.807, 2.05) is 56.3 Å². The molecule has 3 unspecified atom stereocenters. The molecule has 0 radical (unpaired) electrons. The van der Waals surface area contributed by atoms with Gasteiger partial charge in [0.05, 0.1) is 0 Å². The number of carbonyl (C=O) groups is 3. The maximum atomic E-state index is 14.4. The van der Waals surface area contributed by atoms with E-state index in [2.05, 4.69) is 10.6 Å². The molecule has 4 rings (SSSR count). The third kappa shape index (κ3) is 7.37. The Balaban J connectivity index is 1.72. The fourth-order valence-electron chi connectivity index (χ4n) is 4.91. The van der Waals surface area contributed by atoms with Crippen LogP contribution in [0.2, 0.25) is 0 Å². The average molecular weight is 560 g/mol. The van der Waals surface area contributed by atoms with Gasteiger partial charge in [-0.3, -0.25) is 9.59 Å². The van der Waals surface area contributed by atoms with E-state index in [1.54, 1.807) is 50.8 Å². The fraction of sp³-hybridized carbons (Fsp3) is 0.424. The number of carbonyl (C=O) groups excluding carboxylic acids is 3. The number of phenolic OH excluding ortho intramolecular Hbond substituents is 1. The highest BCUT2D eigenvalue weighted by atomic mass is 16.6. The van der Waals surface area contributed by atoms with Crippen molar-refractivity contribution < 1.29 is 24.2 Å². The van der Waals surface area contributed by atoms with Crippen molar-refractivity contribution in [3.05, 3.63) is 71.8 Å². The molecule has 1 fully saturated rings. The van der Waals surface area contributed by atoms with Crippen LogP contribution in [0.4, 0.5) is 10.5 Å². The Bertz CT molecular complexity index is 1430. The Kier molecular flexibility index (Phi) is 8.90. The van der Waals surface area contributed by atoms with Crippen molar-refractivity contribution in [2.45, 2.75) is 84.5 Å². The predicted octanol–water partition coefficient (Wildman–Crippen LogP) is 6.46. The highest BCUT2D eigenvalue weighted by molar-refractivity contribution is 6.00. The van der Waals surface area contributed by atoms with Gasteiger partial charge in [0.2, 0.25) is 5.91 Å². The highest BCUT2D eigenvalue weighted by Crippen LogP contribution is 2.38. The van der Waals surface area contributed by atoms with Crippen molar-refractivity contribution in [3.8, 4) is 5.75 Å². The number of phenols is 1. The van der Waals surface area contributed by atoms with Gasteiger partial charge < -0.3 is 25.4 Å². The smallest absolute Gasteiger partial charge is 0.408 e. The summed E-state index contributed by atoms with van der Waals surface area (Å²) < 4.78 is 5.48. The molecule has 0 bridgehead atoms. The van der Waals surface area contributed by atoms with Gasteiger partial charge in [-0.05, 0) is 92.6 Å². The molecule has 0 aliphatic heterocycles. The summed E-state index contributed by atoms with van der Waals surface area (Å²) in [7, 11) is 0. The zero-order chi connectivity index (χ0) is 29.9. The summed E-state index contributed by atoms with van der Waals surface area (Å²) in [6, 6.07) is 16.5. The molecule has 8 nitrogen and oxygen atoms in total. The molecular formula is C33H41N3O5. The molecule has 0 saturated heterocycles. The Labute approximate surface area is 242 Å². The number of aromatic hydroxyl groups is 1. The second-order valence-corrected chi connectivity index (χ2v) is 12.0. The maximum absolute atomic E-state index is 14.4. The molecule has 3 amide bonds. The van der Waals surface area contributed by atoms with E-state index < -0.39 is 23.8 Å². The van der Waals surface area contributed by atoms with Crippen molar-refractivity contribution in [3.63, 3.8) is 0 Å². The molecule has 218 valence electrons. The molecule has 0 heterocycles. The van der Waals surface area contributed by atoms with Crippen LogP contribution in [0.5, 0.6) is 5.75 Å². The number of nitrogens with zero attached hydrogens (tertiary/aromatic N) is 1. The van der Waals surface area contributed by atoms with E-state index in [4.69, 9.17) is 4.74 Å². The van der Waals surface area contributed by atoms with Crippen LogP contribution >= 0.6 is 0 Å². The van der Waals surface area contributed by atoms with Gasteiger partial charge in [0.15, 0.2) is 0 Å². The summed E-state index contributed by atoms with van der Waals surface area (Å²) >= 11 is 0. The molecule has 0 spiro atoms. The van der Waals surface area contributed by atoms with E-state index >= 15 is 0 Å². The predicted molar refractivity (Wildman–Crippen MR) is 161 cm³/mol. The van der Waals surface area contributed by atoms with Gasteiger partial charge in [-0.25, -0.2) is 4.79 Å². The minimum atomic E-state index is -0.979. The van der Waals surface area contributed by atoms with Gasteiger partial charge in [0.1, 0.15) is 23.4 Å². The molecule has 1 saturated carbocycles. The first-order chi connectivity index (χ1) is 19.4. The second-order valence-electron chi connectivity index (χ2n) is 12.0. The number of nitrogens with one attached hydrogen (secondary N) is 2. The maximum Gasteiger partial charge on any atom is 0.408 e. The van der Waals surface area contributed by atoms with Crippen LogP contribution in [0.1, 0.15) is 71.0 Å². The van der Waals surface area contributed by atoms with Gasteiger partial charge >= 0.3 is 6.09 Å². The lowest BCUT2D eigenvalue weighted by molar-refractivity contribution is -0.142. The van der Waals surface area contributed by atoms with E-state index in [-0.39, 0.29) is 29.5 Å². The Morgan fingerprint density at radius 1 is 1.02 bits per heavy atom. The summed E-state index contributed by atoms with van der Waals surface area (Å²) in [6.07, 6.45) is 1.46. The minimum absolute atomic E-state index is 0.107. The molecule has 3 atom stereocenters. The van der Waals surface area contributed by atoms with E-state index in [9.17, 15) is 19.5 Å². The monoisotopic (exact) mass is 559 g/mol. The highest BCUT2D eigenvalue weighted by Gasteiger charge is 2.45. The minimum Gasteiger partial charge on any atom is -0.508 e. The number of hydrogen-bond acceptors (Lipinski definition) is 5. The largest absolute Gasteiger partial charge is 0.508 e. The van der Waals surface area contributed by atoms with Gasteiger partial charge in [-0.15, -0.1) is 0 Å². The summed E-state index contributed by atoms with van der Waals surface area (Å²) in [5.41, 5.74) is 1.07. The normalized spacial score (nSPS) is 15.5. The van der Waals surface area contributed by atoms with E-state index in [0.29, 0.717) is 23.2 Å². The number of fused-ring (bicyclic) bond motifs is 1. The topological polar surface area (TPSA) is 108 Å². The van der Waals surface area contributed by atoms with Crippen LogP contribution in [0.15, 0.2) is 60.7 Å². The number of rotatable bonds is 9. The van der Waals surface area contributed by atoms with Gasteiger partial charge in [0.25, 0.3) is 5.91 Å².